The summed E-state index contributed by atoms with van der Waals surface area (Å²) in [7, 11) is 1.66. The van der Waals surface area contributed by atoms with Gasteiger partial charge in [0, 0.05) is 19.5 Å². The number of carbonyl (C=O) groups excluding carboxylic acids is 1. The van der Waals surface area contributed by atoms with E-state index in [4.69, 9.17) is 4.74 Å². The third-order valence-corrected chi connectivity index (χ3v) is 5.34. The van der Waals surface area contributed by atoms with Crippen molar-refractivity contribution in [3.05, 3.63) is 29.3 Å². The van der Waals surface area contributed by atoms with Crippen LogP contribution in [0.5, 0.6) is 5.75 Å². The molecule has 1 aromatic rings. The van der Waals surface area contributed by atoms with Crippen LogP contribution in [0.25, 0.3) is 0 Å². The van der Waals surface area contributed by atoms with Crippen molar-refractivity contribution in [2.45, 2.75) is 38.5 Å². The number of benzene rings is 1. The average Bonchev–Trinajstić information content (AvgIpc) is 2.72. The molecule has 0 unspecified atom stereocenters. The summed E-state index contributed by atoms with van der Waals surface area (Å²) >= 11 is 0. The predicted molar refractivity (Wildman–Crippen MR) is 85.5 cm³/mol. The number of amides is 1. The van der Waals surface area contributed by atoms with Crippen LogP contribution in [-0.2, 0) is 22.4 Å². The van der Waals surface area contributed by atoms with Crippen LogP contribution in [0, 0.1) is 5.41 Å². The number of carboxylic acid groups (broad SMARTS) is 1. The summed E-state index contributed by atoms with van der Waals surface area (Å²) in [6.07, 6.45) is 3.83. The third kappa shape index (κ3) is 2.92. The van der Waals surface area contributed by atoms with E-state index in [9.17, 15) is 14.7 Å². The molecule has 0 spiro atoms. The molecule has 1 heterocycles. The van der Waals surface area contributed by atoms with Crippen LogP contribution in [0.2, 0.25) is 0 Å². The molecule has 0 saturated heterocycles. The van der Waals surface area contributed by atoms with E-state index in [1.54, 1.807) is 7.11 Å². The van der Waals surface area contributed by atoms with Gasteiger partial charge in [0.25, 0.3) is 0 Å². The van der Waals surface area contributed by atoms with E-state index in [0.717, 1.165) is 25.0 Å². The van der Waals surface area contributed by atoms with Gasteiger partial charge in [0.2, 0.25) is 5.91 Å². The molecule has 1 fully saturated rings. The molecule has 0 bridgehead atoms. The van der Waals surface area contributed by atoms with Gasteiger partial charge in [-0.15, -0.1) is 0 Å². The number of nitrogens with zero attached hydrogens (tertiary/aromatic N) is 1. The molecule has 5 nitrogen and oxygen atoms in total. The largest absolute Gasteiger partial charge is 0.496 e. The minimum Gasteiger partial charge on any atom is -0.496 e. The number of hydrogen-bond donors (Lipinski definition) is 1. The topological polar surface area (TPSA) is 66.8 Å². The van der Waals surface area contributed by atoms with Crippen molar-refractivity contribution in [3.8, 4) is 5.75 Å². The maximum atomic E-state index is 12.6. The number of carboxylic acids is 1. The molecular formula is C18H23NO4. The molecule has 1 saturated carbocycles. The first-order valence-electron chi connectivity index (χ1n) is 8.22. The molecule has 124 valence electrons. The molecule has 1 aliphatic heterocycles. The zero-order valence-corrected chi connectivity index (χ0v) is 13.5. The van der Waals surface area contributed by atoms with Crippen molar-refractivity contribution in [1.82, 2.24) is 4.90 Å². The first kappa shape index (κ1) is 15.8. The quantitative estimate of drug-likeness (QED) is 0.925. The Balaban J connectivity index is 1.69. The number of aliphatic carboxylic acids is 1. The van der Waals surface area contributed by atoms with Gasteiger partial charge in [0.15, 0.2) is 0 Å². The predicted octanol–water partition coefficient (Wildman–Crippen LogP) is 2.27. The Kier molecular flexibility index (Phi) is 4.28. The van der Waals surface area contributed by atoms with Crippen molar-refractivity contribution in [3.63, 3.8) is 0 Å². The SMILES string of the molecule is COc1cccc2c1CCN(C(=O)CC1(C(=O)O)CCC1)CC2. The van der Waals surface area contributed by atoms with Gasteiger partial charge >= 0.3 is 5.97 Å². The first-order chi connectivity index (χ1) is 11.1. The third-order valence-electron chi connectivity index (χ3n) is 5.34. The molecule has 1 N–H and O–H groups in total. The van der Waals surface area contributed by atoms with E-state index in [-0.39, 0.29) is 12.3 Å². The van der Waals surface area contributed by atoms with E-state index in [1.807, 2.05) is 17.0 Å². The van der Waals surface area contributed by atoms with Gasteiger partial charge < -0.3 is 14.7 Å². The molecule has 2 aliphatic rings. The molecule has 1 amide bonds. The fraction of sp³-hybridized carbons (Fsp3) is 0.556. The summed E-state index contributed by atoms with van der Waals surface area (Å²) in [5, 5.41) is 9.41. The minimum atomic E-state index is -0.822. The first-order valence-corrected chi connectivity index (χ1v) is 8.22. The second kappa shape index (κ2) is 6.22. The highest BCUT2D eigenvalue weighted by molar-refractivity contribution is 5.85. The Morgan fingerprint density at radius 1 is 1.26 bits per heavy atom. The Hall–Kier alpha value is -2.04. The number of ether oxygens (including phenoxy) is 1. The maximum absolute atomic E-state index is 12.6. The van der Waals surface area contributed by atoms with Crippen molar-refractivity contribution in [2.24, 2.45) is 5.41 Å². The van der Waals surface area contributed by atoms with E-state index in [1.165, 1.54) is 11.1 Å². The zero-order chi connectivity index (χ0) is 16.4. The van der Waals surface area contributed by atoms with Crippen molar-refractivity contribution < 1.29 is 19.4 Å². The van der Waals surface area contributed by atoms with Gasteiger partial charge in [-0.1, -0.05) is 18.6 Å². The summed E-state index contributed by atoms with van der Waals surface area (Å²) in [4.78, 5) is 25.9. The highest BCUT2D eigenvalue weighted by atomic mass is 16.5. The fourth-order valence-corrected chi connectivity index (χ4v) is 3.65. The second-order valence-electron chi connectivity index (χ2n) is 6.59. The normalized spacial score (nSPS) is 19.3. The highest BCUT2D eigenvalue weighted by Gasteiger charge is 2.46. The molecule has 1 aromatic carbocycles. The minimum absolute atomic E-state index is 0.0288. The molecule has 23 heavy (non-hydrogen) atoms. The smallest absolute Gasteiger partial charge is 0.310 e. The summed E-state index contributed by atoms with van der Waals surface area (Å²) in [6, 6.07) is 6.00. The number of fused-ring (bicyclic) bond motifs is 1. The lowest BCUT2D eigenvalue weighted by molar-refractivity contribution is -0.159. The molecule has 0 radical (unpaired) electrons. The maximum Gasteiger partial charge on any atom is 0.310 e. The van der Waals surface area contributed by atoms with Gasteiger partial charge in [-0.2, -0.15) is 0 Å². The lowest BCUT2D eigenvalue weighted by atomic mass is 9.66. The number of carbonyl (C=O) groups is 2. The lowest BCUT2D eigenvalue weighted by Gasteiger charge is -2.38. The number of methoxy groups -OCH3 is 1. The van der Waals surface area contributed by atoms with E-state index < -0.39 is 11.4 Å². The summed E-state index contributed by atoms with van der Waals surface area (Å²) < 4.78 is 5.42. The highest BCUT2D eigenvalue weighted by Crippen LogP contribution is 2.44. The van der Waals surface area contributed by atoms with Crippen LogP contribution < -0.4 is 4.74 Å². The van der Waals surface area contributed by atoms with Gasteiger partial charge in [-0.05, 0) is 42.9 Å². The fourth-order valence-electron chi connectivity index (χ4n) is 3.65. The van der Waals surface area contributed by atoms with Crippen LogP contribution in [-0.4, -0.2) is 42.1 Å². The van der Waals surface area contributed by atoms with Gasteiger partial charge in [0.05, 0.1) is 12.5 Å². The van der Waals surface area contributed by atoms with Crippen LogP contribution in [0.15, 0.2) is 18.2 Å². The average molecular weight is 317 g/mol. The second-order valence-corrected chi connectivity index (χ2v) is 6.59. The van der Waals surface area contributed by atoms with Crippen molar-refractivity contribution >= 4 is 11.9 Å². The van der Waals surface area contributed by atoms with Crippen LogP contribution in [0.1, 0.15) is 36.8 Å². The molecule has 5 heteroatoms. The Bertz CT molecular complexity index is 621. The standard InChI is InChI=1S/C18H23NO4/c1-23-15-5-2-4-13-6-10-19(11-7-14(13)15)16(20)12-18(17(21)22)8-3-9-18/h2,4-5H,3,6-12H2,1H3,(H,21,22). The van der Waals surface area contributed by atoms with Crippen molar-refractivity contribution in [2.75, 3.05) is 20.2 Å². The number of rotatable bonds is 4. The van der Waals surface area contributed by atoms with E-state index in [2.05, 4.69) is 6.07 Å². The van der Waals surface area contributed by atoms with Crippen LogP contribution in [0.4, 0.5) is 0 Å². The monoisotopic (exact) mass is 317 g/mol. The summed E-state index contributed by atoms with van der Waals surface area (Å²) in [5.74, 6) is 0.0218. The molecule has 0 atom stereocenters. The zero-order valence-electron chi connectivity index (χ0n) is 13.5. The van der Waals surface area contributed by atoms with Crippen molar-refractivity contribution in [1.29, 1.82) is 0 Å². The molecule has 3 rings (SSSR count). The van der Waals surface area contributed by atoms with Gasteiger partial charge in [-0.3, -0.25) is 9.59 Å². The van der Waals surface area contributed by atoms with E-state index >= 15 is 0 Å². The number of hydrogen-bond acceptors (Lipinski definition) is 3. The summed E-state index contributed by atoms with van der Waals surface area (Å²) in [5.41, 5.74) is 1.58. The Labute approximate surface area is 136 Å². The Morgan fingerprint density at radius 2 is 2.00 bits per heavy atom. The summed E-state index contributed by atoms with van der Waals surface area (Å²) in [6.45, 7) is 1.27. The van der Waals surface area contributed by atoms with E-state index in [0.29, 0.717) is 25.9 Å². The molecule has 0 aromatic heterocycles. The van der Waals surface area contributed by atoms with Crippen LogP contribution in [0.3, 0.4) is 0 Å². The molecular weight excluding hydrogens is 294 g/mol. The molecule has 1 aliphatic carbocycles. The van der Waals surface area contributed by atoms with Crippen LogP contribution >= 0.6 is 0 Å². The lowest BCUT2D eigenvalue weighted by Crippen LogP contribution is -2.44. The Morgan fingerprint density at radius 3 is 2.61 bits per heavy atom. The van der Waals surface area contributed by atoms with Gasteiger partial charge in [-0.25, -0.2) is 0 Å². The van der Waals surface area contributed by atoms with Gasteiger partial charge in [0.1, 0.15) is 5.75 Å².